The summed E-state index contributed by atoms with van der Waals surface area (Å²) in [5.41, 5.74) is 1.65. The van der Waals surface area contributed by atoms with Gasteiger partial charge in [0, 0.05) is 17.3 Å². The van der Waals surface area contributed by atoms with Crippen molar-refractivity contribution < 1.29 is 5.11 Å². The zero-order valence-corrected chi connectivity index (χ0v) is 11.9. The average Bonchev–Trinajstić information content (AvgIpc) is 2.34. The number of aromatic nitrogens is 1. The van der Waals surface area contributed by atoms with Gasteiger partial charge in [-0.25, -0.2) is 0 Å². The van der Waals surface area contributed by atoms with E-state index in [-0.39, 0.29) is 6.61 Å². The summed E-state index contributed by atoms with van der Waals surface area (Å²) in [6.07, 6.45) is 1.44. The molecule has 0 aliphatic rings. The van der Waals surface area contributed by atoms with Crippen molar-refractivity contribution in [3.8, 4) is 11.3 Å². The minimum absolute atomic E-state index is 0.255. The molecule has 18 heavy (non-hydrogen) atoms. The topological polar surface area (TPSA) is 33.1 Å². The van der Waals surface area contributed by atoms with E-state index in [1.807, 2.05) is 0 Å². The highest BCUT2D eigenvalue weighted by Gasteiger charge is 2.13. The first kappa shape index (κ1) is 13.9. The van der Waals surface area contributed by atoms with Gasteiger partial charge in [-0.05, 0) is 12.1 Å². The fourth-order valence-corrected chi connectivity index (χ4v) is 2.36. The van der Waals surface area contributed by atoms with Crippen LogP contribution in [0.25, 0.3) is 11.3 Å². The summed E-state index contributed by atoms with van der Waals surface area (Å²) in [6.45, 7) is -0.255. The van der Waals surface area contributed by atoms with Gasteiger partial charge in [-0.1, -0.05) is 52.5 Å². The van der Waals surface area contributed by atoms with Gasteiger partial charge >= 0.3 is 0 Å². The van der Waals surface area contributed by atoms with Gasteiger partial charge in [0.25, 0.3) is 0 Å². The van der Waals surface area contributed by atoms with Gasteiger partial charge in [-0.15, -0.1) is 0 Å². The number of hydrogen-bond acceptors (Lipinski definition) is 2. The fraction of sp³-hybridized carbons (Fsp3) is 0.0833. The van der Waals surface area contributed by atoms with Gasteiger partial charge < -0.3 is 5.11 Å². The molecule has 0 aliphatic carbocycles. The quantitative estimate of drug-likeness (QED) is 0.857. The van der Waals surface area contributed by atoms with Crippen LogP contribution in [-0.4, -0.2) is 10.1 Å². The van der Waals surface area contributed by atoms with Crippen LogP contribution in [0.1, 0.15) is 5.56 Å². The van der Waals surface area contributed by atoms with Crippen LogP contribution in [0.2, 0.25) is 20.1 Å². The number of nitrogens with zero attached hydrogens (tertiary/aromatic N) is 1. The van der Waals surface area contributed by atoms with E-state index in [2.05, 4.69) is 4.98 Å². The van der Waals surface area contributed by atoms with Crippen LogP contribution in [0.4, 0.5) is 0 Å². The zero-order chi connectivity index (χ0) is 13.3. The molecule has 0 saturated carbocycles. The second kappa shape index (κ2) is 5.64. The summed E-state index contributed by atoms with van der Waals surface area (Å²) in [5.74, 6) is 0. The van der Waals surface area contributed by atoms with E-state index in [4.69, 9.17) is 46.4 Å². The third-order valence-corrected chi connectivity index (χ3v) is 3.89. The van der Waals surface area contributed by atoms with Crippen molar-refractivity contribution in [1.82, 2.24) is 4.98 Å². The molecule has 1 aromatic heterocycles. The van der Waals surface area contributed by atoms with Gasteiger partial charge in [-0.2, -0.15) is 0 Å². The highest BCUT2D eigenvalue weighted by Crippen LogP contribution is 2.35. The van der Waals surface area contributed by atoms with Crippen molar-refractivity contribution in [3.63, 3.8) is 0 Å². The molecule has 0 atom stereocenters. The fourth-order valence-electron chi connectivity index (χ4n) is 1.49. The number of aliphatic hydroxyl groups is 1. The summed E-state index contributed by atoms with van der Waals surface area (Å²) in [4.78, 5) is 4.15. The molecule has 2 nitrogen and oxygen atoms in total. The predicted molar refractivity (Wildman–Crippen MR) is 75.6 cm³/mol. The number of pyridine rings is 1. The van der Waals surface area contributed by atoms with Crippen LogP contribution in [0.5, 0.6) is 0 Å². The van der Waals surface area contributed by atoms with Crippen LogP contribution in [0, 0.1) is 0 Å². The maximum absolute atomic E-state index is 9.23. The van der Waals surface area contributed by atoms with Crippen molar-refractivity contribution in [1.29, 1.82) is 0 Å². The molecule has 0 bridgehead atoms. The second-order valence-corrected chi connectivity index (χ2v) is 5.13. The van der Waals surface area contributed by atoms with E-state index in [1.54, 1.807) is 18.2 Å². The Labute approximate surface area is 124 Å². The first-order valence-corrected chi connectivity index (χ1v) is 6.45. The van der Waals surface area contributed by atoms with E-state index < -0.39 is 0 Å². The van der Waals surface area contributed by atoms with E-state index in [1.165, 1.54) is 6.20 Å². The second-order valence-electron chi connectivity index (χ2n) is 3.53. The SMILES string of the molecule is OCc1c(Cl)cnc(-c2ccc(Cl)c(Cl)c2)c1Cl. The van der Waals surface area contributed by atoms with Crippen LogP contribution in [0.3, 0.4) is 0 Å². The number of hydrogen-bond donors (Lipinski definition) is 1. The molecule has 94 valence electrons. The molecule has 0 unspecified atom stereocenters. The van der Waals surface area contributed by atoms with Gasteiger partial charge in [0.2, 0.25) is 0 Å². The number of halogens is 4. The molecule has 0 radical (unpaired) electrons. The molecule has 1 aromatic carbocycles. The monoisotopic (exact) mass is 321 g/mol. The molecular formula is C12H7Cl4NO. The van der Waals surface area contributed by atoms with Crippen molar-refractivity contribution in [2.24, 2.45) is 0 Å². The Morgan fingerprint density at radius 3 is 2.33 bits per heavy atom. The number of rotatable bonds is 2. The molecule has 0 aliphatic heterocycles. The van der Waals surface area contributed by atoms with E-state index in [0.29, 0.717) is 36.9 Å². The molecular weight excluding hydrogens is 316 g/mol. The van der Waals surface area contributed by atoms with Gasteiger partial charge in [0.15, 0.2) is 0 Å². The molecule has 0 fully saturated rings. The largest absolute Gasteiger partial charge is 0.392 e. The van der Waals surface area contributed by atoms with Crippen molar-refractivity contribution >= 4 is 46.4 Å². The van der Waals surface area contributed by atoms with E-state index in [0.717, 1.165) is 0 Å². The van der Waals surface area contributed by atoms with Gasteiger partial charge in [-0.3, -0.25) is 4.98 Å². The average molecular weight is 323 g/mol. The number of aliphatic hydroxyl groups excluding tert-OH is 1. The molecule has 1 heterocycles. The normalized spacial score (nSPS) is 10.7. The lowest BCUT2D eigenvalue weighted by molar-refractivity contribution is 0.282. The van der Waals surface area contributed by atoms with Gasteiger partial charge in [0.1, 0.15) is 0 Å². The van der Waals surface area contributed by atoms with E-state index >= 15 is 0 Å². The van der Waals surface area contributed by atoms with Crippen LogP contribution >= 0.6 is 46.4 Å². The summed E-state index contributed by atoms with van der Waals surface area (Å²) in [7, 11) is 0. The zero-order valence-electron chi connectivity index (χ0n) is 8.92. The maximum atomic E-state index is 9.23. The molecule has 2 aromatic rings. The Kier molecular flexibility index (Phi) is 4.36. The standard InChI is InChI=1S/C12H7Cl4NO/c13-8-2-1-6(3-9(8)14)12-11(16)7(5-18)10(15)4-17-12/h1-4,18H,5H2. The summed E-state index contributed by atoms with van der Waals surface area (Å²) in [5, 5.41) is 10.7. The summed E-state index contributed by atoms with van der Waals surface area (Å²) < 4.78 is 0. The Balaban J connectivity index is 2.60. The molecule has 6 heteroatoms. The highest BCUT2D eigenvalue weighted by atomic mass is 35.5. The Morgan fingerprint density at radius 2 is 1.72 bits per heavy atom. The summed E-state index contributed by atoms with van der Waals surface area (Å²) in [6, 6.07) is 5.06. The van der Waals surface area contributed by atoms with Gasteiger partial charge in [0.05, 0.1) is 32.4 Å². The van der Waals surface area contributed by atoms with Crippen LogP contribution in [0.15, 0.2) is 24.4 Å². The Morgan fingerprint density at radius 1 is 1.00 bits per heavy atom. The first-order chi connectivity index (χ1) is 8.54. The van der Waals surface area contributed by atoms with Crippen molar-refractivity contribution in [2.75, 3.05) is 0 Å². The smallest absolute Gasteiger partial charge is 0.0893 e. The predicted octanol–water partition coefficient (Wildman–Crippen LogP) is 4.85. The maximum Gasteiger partial charge on any atom is 0.0893 e. The van der Waals surface area contributed by atoms with Crippen molar-refractivity contribution in [3.05, 3.63) is 50.0 Å². The summed E-state index contributed by atoms with van der Waals surface area (Å²) >= 11 is 23.8. The minimum Gasteiger partial charge on any atom is -0.392 e. The molecule has 0 saturated heterocycles. The van der Waals surface area contributed by atoms with Crippen LogP contribution in [-0.2, 0) is 6.61 Å². The van der Waals surface area contributed by atoms with E-state index in [9.17, 15) is 5.11 Å². The molecule has 0 amide bonds. The van der Waals surface area contributed by atoms with Crippen molar-refractivity contribution in [2.45, 2.75) is 6.61 Å². The van der Waals surface area contributed by atoms with Crippen LogP contribution < -0.4 is 0 Å². The highest BCUT2D eigenvalue weighted by molar-refractivity contribution is 6.42. The first-order valence-electron chi connectivity index (χ1n) is 4.93. The number of benzene rings is 1. The molecule has 1 N–H and O–H groups in total. The lowest BCUT2D eigenvalue weighted by Crippen LogP contribution is -1.93. The minimum atomic E-state index is -0.255. The lowest BCUT2D eigenvalue weighted by atomic mass is 10.1. The lowest BCUT2D eigenvalue weighted by Gasteiger charge is -2.09. The third kappa shape index (κ3) is 2.58. The molecule has 2 rings (SSSR count). The third-order valence-electron chi connectivity index (χ3n) is 2.42. The molecule has 0 spiro atoms. The Hall–Kier alpha value is -0.510. The Bertz CT molecular complexity index is 601.